The average molecular weight is 171 g/mol. The molecule has 1 N–H and O–H groups in total. The first kappa shape index (κ1) is 8.48. The lowest BCUT2D eigenvalue weighted by Crippen LogP contribution is -2.46. The Labute approximate surface area is 73.4 Å². The van der Waals surface area contributed by atoms with Gasteiger partial charge in [-0.25, -0.2) is 0 Å². The maximum atomic E-state index is 5.39. The van der Waals surface area contributed by atoms with Crippen LogP contribution >= 0.6 is 0 Å². The molecule has 3 heteroatoms. The first-order valence-electron chi connectivity index (χ1n) is 4.87. The highest BCUT2D eigenvalue weighted by molar-refractivity contribution is 4.81. The summed E-state index contributed by atoms with van der Waals surface area (Å²) in [6.45, 7) is 3.14. The Morgan fingerprint density at radius 3 is 2.08 bits per heavy atom. The van der Waals surface area contributed by atoms with Gasteiger partial charge >= 0.3 is 0 Å². The summed E-state index contributed by atoms with van der Waals surface area (Å²) in [4.78, 5) is 0. The van der Waals surface area contributed by atoms with Crippen LogP contribution in [0.2, 0.25) is 0 Å². The van der Waals surface area contributed by atoms with Crippen LogP contribution in [-0.4, -0.2) is 38.5 Å². The Morgan fingerprint density at radius 1 is 0.917 bits per heavy atom. The van der Waals surface area contributed by atoms with E-state index < -0.39 is 0 Å². The van der Waals surface area contributed by atoms with Crippen LogP contribution in [-0.2, 0) is 9.47 Å². The number of nitrogens with one attached hydrogen (secondary N) is 1. The maximum absolute atomic E-state index is 5.39. The summed E-state index contributed by atoms with van der Waals surface area (Å²) in [6.07, 6.45) is 4.04. The summed E-state index contributed by atoms with van der Waals surface area (Å²) >= 11 is 0. The second-order valence-electron chi connectivity index (χ2n) is 3.64. The Bertz CT molecular complexity index is 128. The maximum Gasteiger partial charge on any atom is 0.0701 e. The molecule has 0 atom stereocenters. The van der Waals surface area contributed by atoms with Gasteiger partial charge in [-0.1, -0.05) is 6.42 Å². The van der Waals surface area contributed by atoms with Crippen molar-refractivity contribution in [3.63, 3.8) is 0 Å². The van der Waals surface area contributed by atoms with Gasteiger partial charge in [0.1, 0.15) is 0 Å². The van der Waals surface area contributed by atoms with Gasteiger partial charge in [0.15, 0.2) is 0 Å². The Balaban J connectivity index is 1.69. The minimum absolute atomic E-state index is 0.429. The highest BCUT2D eigenvalue weighted by Crippen LogP contribution is 2.18. The van der Waals surface area contributed by atoms with E-state index in [1.807, 2.05) is 0 Å². The molecule has 70 valence electrons. The van der Waals surface area contributed by atoms with E-state index >= 15 is 0 Å². The normalized spacial score (nSPS) is 28.0. The van der Waals surface area contributed by atoms with Crippen molar-refractivity contribution < 1.29 is 9.47 Å². The van der Waals surface area contributed by atoms with Crippen molar-refractivity contribution in [3.05, 3.63) is 0 Å². The van der Waals surface area contributed by atoms with E-state index in [2.05, 4.69) is 5.32 Å². The van der Waals surface area contributed by atoms with Crippen molar-refractivity contribution in [3.8, 4) is 0 Å². The van der Waals surface area contributed by atoms with Crippen LogP contribution in [0.25, 0.3) is 0 Å². The molecule has 0 radical (unpaired) electrons. The van der Waals surface area contributed by atoms with Crippen molar-refractivity contribution in [1.29, 1.82) is 0 Å². The molecule has 12 heavy (non-hydrogen) atoms. The van der Waals surface area contributed by atoms with Gasteiger partial charge in [0.05, 0.1) is 32.5 Å². The summed E-state index contributed by atoms with van der Waals surface area (Å²) in [5, 5.41) is 3.55. The number of ether oxygens (including phenoxy) is 2. The molecular weight excluding hydrogens is 154 g/mol. The lowest BCUT2D eigenvalue weighted by molar-refractivity contribution is 0.103. The third-order valence-electron chi connectivity index (χ3n) is 2.59. The molecule has 1 saturated heterocycles. The zero-order valence-electron chi connectivity index (χ0n) is 7.42. The summed E-state index contributed by atoms with van der Waals surface area (Å²) in [6, 6.07) is 1.16. The molecule has 1 saturated carbocycles. The minimum atomic E-state index is 0.429. The molecule has 1 heterocycles. The number of hydrogen-bond donors (Lipinski definition) is 1. The Hall–Kier alpha value is -0.120. The molecule has 0 amide bonds. The molecule has 2 fully saturated rings. The second kappa shape index (κ2) is 4.21. The van der Waals surface area contributed by atoms with E-state index in [1.54, 1.807) is 0 Å². The highest BCUT2D eigenvalue weighted by Gasteiger charge is 2.22. The van der Waals surface area contributed by atoms with Crippen LogP contribution < -0.4 is 5.32 Å². The van der Waals surface area contributed by atoms with Gasteiger partial charge in [0, 0.05) is 6.04 Å². The zero-order valence-corrected chi connectivity index (χ0v) is 7.42. The third-order valence-corrected chi connectivity index (χ3v) is 2.59. The van der Waals surface area contributed by atoms with E-state index in [1.165, 1.54) is 19.3 Å². The molecule has 1 aliphatic carbocycles. The molecule has 3 nitrogen and oxygen atoms in total. The van der Waals surface area contributed by atoms with Crippen molar-refractivity contribution in [2.75, 3.05) is 26.4 Å². The fourth-order valence-electron chi connectivity index (χ4n) is 1.62. The first-order valence-corrected chi connectivity index (χ1v) is 4.87. The van der Waals surface area contributed by atoms with Crippen molar-refractivity contribution in [2.24, 2.45) is 0 Å². The predicted molar refractivity (Wildman–Crippen MR) is 46.2 cm³/mol. The van der Waals surface area contributed by atoms with Crippen LogP contribution in [0.5, 0.6) is 0 Å². The van der Waals surface area contributed by atoms with E-state index in [0.29, 0.717) is 6.04 Å². The summed E-state index contributed by atoms with van der Waals surface area (Å²) in [5.41, 5.74) is 0. The van der Waals surface area contributed by atoms with Crippen molar-refractivity contribution in [2.45, 2.75) is 31.3 Å². The topological polar surface area (TPSA) is 30.5 Å². The Kier molecular flexibility index (Phi) is 2.98. The second-order valence-corrected chi connectivity index (χ2v) is 3.64. The summed E-state index contributed by atoms with van der Waals surface area (Å²) in [7, 11) is 0. The van der Waals surface area contributed by atoms with Crippen LogP contribution in [0.1, 0.15) is 19.3 Å². The smallest absolute Gasteiger partial charge is 0.0701 e. The van der Waals surface area contributed by atoms with E-state index in [-0.39, 0.29) is 0 Å². The van der Waals surface area contributed by atoms with Crippen LogP contribution in [0.15, 0.2) is 0 Å². The molecular formula is C9H17NO2. The number of hydrogen-bond acceptors (Lipinski definition) is 3. The monoisotopic (exact) mass is 171 g/mol. The van der Waals surface area contributed by atoms with Crippen molar-refractivity contribution >= 4 is 0 Å². The van der Waals surface area contributed by atoms with Gasteiger partial charge < -0.3 is 14.8 Å². The Morgan fingerprint density at radius 2 is 1.58 bits per heavy atom. The van der Waals surface area contributed by atoms with E-state index in [9.17, 15) is 0 Å². The minimum Gasteiger partial charge on any atom is -0.377 e. The van der Waals surface area contributed by atoms with Crippen LogP contribution in [0, 0.1) is 0 Å². The highest BCUT2D eigenvalue weighted by atomic mass is 16.5. The molecule has 0 spiro atoms. The molecule has 2 aliphatic rings. The largest absolute Gasteiger partial charge is 0.377 e. The molecule has 0 aromatic heterocycles. The third kappa shape index (κ3) is 2.19. The van der Waals surface area contributed by atoms with Gasteiger partial charge in [0.25, 0.3) is 0 Å². The molecule has 0 unspecified atom stereocenters. The fourth-order valence-corrected chi connectivity index (χ4v) is 1.62. The quantitative estimate of drug-likeness (QED) is 0.658. The lowest BCUT2D eigenvalue weighted by atomic mass is 9.92. The SMILES string of the molecule is C1CC(NC2COCCOC2)C1. The van der Waals surface area contributed by atoms with Gasteiger partial charge in [-0.05, 0) is 12.8 Å². The fraction of sp³-hybridized carbons (Fsp3) is 1.00. The van der Waals surface area contributed by atoms with Crippen molar-refractivity contribution in [1.82, 2.24) is 5.32 Å². The summed E-state index contributed by atoms with van der Waals surface area (Å²) in [5.74, 6) is 0. The van der Waals surface area contributed by atoms with Crippen LogP contribution in [0.3, 0.4) is 0 Å². The van der Waals surface area contributed by atoms with E-state index in [4.69, 9.17) is 9.47 Å². The standard InChI is InChI=1S/C9H17NO2/c1-2-8(3-1)10-9-6-11-4-5-12-7-9/h8-10H,1-7H2. The van der Waals surface area contributed by atoms with Gasteiger partial charge in [-0.3, -0.25) is 0 Å². The van der Waals surface area contributed by atoms with E-state index in [0.717, 1.165) is 32.5 Å². The van der Waals surface area contributed by atoms with Gasteiger partial charge in [0.2, 0.25) is 0 Å². The number of rotatable bonds is 2. The molecule has 1 aliphatic heterocycles. The predicted octanol–water partition coefficient (Wildman–Crippen LogP) is 0.544. The average Bonchev–Trinajstić information content (AvgIpc) is 2.24. The molecule has 0 aromatic carbocycles. The zero-order chi connectivity index (χ0) is 8.23. The van der Waals surface area contributed by atoms with Crippen LogP contribution in [0.4, 0.5) is 0 Å². The first-order chi connectivity index (χ1) is 5.95. The van der Waals surface area contributed by atoms with Gasteiger partial charge in [-0.15, -0.1) is 0 Å². The van der Waals surface area contributed by atoms with Gasteiger partial charge in [-0.2, -0.15) is 0 Å². The molecule has 0 aromatic rings. The molecule has 2 rings (SSSR count). The molecule has 0 bridgehead atoms. The summed E-state index contributed by atoms with van der Waals surface area (Å²) < 4.78 is 10.8. The lowest BCUT2D eigenvalue weighted by Gasteiger charge is -2.30.